The summed E-state index contributed by atoms with van der Waals surface area (Å²) in [7, 11) is -1.51. The molecule has 1 aromatic heterocycles. The predicted molar refractivity (Wildman–Crippen MR) is 193 cm³/mol. The maximum Gasteiger partial charge on any atom is 0.354 e. The summed E-state index contributed by atoms with van der Waals surface area (Å²) < 4.78 is 19.5. The largest absolute Gasteiger partial charge is 0.436 e. The van der Waals surface area contributed by atoms with Gasteiger partial charge in [0.15, 0.2) is 0 Å². The first-order chi connectivity index (χ1) is 23.5. The predicted octanol–water partition coefficient (Wildman–Crippen LogP) is 6.85. The first-order valence-electron chi connectivity index (χ1n) is 16.8. The molecule has 0 saturated carbocycles. The molecule has 0 bridgehead atoms. The molecule has 1 saturated heterocycles. The maximum atomic E-state index is 12.3. The Morgan fingerprint density at radius 3 is 2.31 bits per heavy atom. The van der Waals surface area contributed by atoms with Crippen LogP contribution in [0.15, 0.2) is 102 Å². The van der Waals surface area contributed by atoms with Crippen LogP contribution in [0.3, 0.4) is 0 Å². The van der Waals surface area contributed by atoms with E-state index in [-0.39, 0.29) is 24.6 Å². The van der Waals surface area contributed by atoms with Gasteiger partial charge in [0, 0.05) is 19.5 Å². The first kappa shape index (κ1) is 38.6. The summed E-state index contributed by atoms with van der Waals surface area (Å²) in [5.41, 5.74) is 4.99. The Bertz CT molecular complexity index is 1390. The van der Waals surface area contributed by atoms with Crippen molar-refractivity contribution in [3.8, 4) is 5.75 Å². The van der Waals surface area contributed by atoms with Crippen molar-refractivity contribution in [2.75, 3.05) is 25.4 Å². The Labute approximate surface area is 286 Å². The van der Waals surface area contributed by atoms with Crippen LogP contribution in [0.25, 0.3) is 0 Å². The highest BCUT2D eigenvalue weighted by atomic mass is 31.2. The molecule has 2 aromatic rings. The van der Waals surface area contributed by atoms with Crippen LogP contribution in [-0.2, 0) is 14.1 Å². The lowest BCUT2D eigenvalue weighted by Crippen LogP contribution is -2.31. The summed E-state index contributed by atoms with van der Waals surface area (Å²) in [5.74, 6) is 0.623. The Morgan fingerprint density at radius 2 is 1.65 bits per heavy atom. The third-order valence-electron chi connectivity index (χ3n) is 7.07. The molecule has 1 aliphatic heterocycles. The van der Waals surface area contributed by atoms with Crippen LogP contribution in [-0.4, -0.2) is 46.2 Å². The average Bonchev–Trinajstić information content (AvgIpc) is 3.56. The van der Waals surface area contributed by atoms with Gasteiger partial charge in [0.1, 0.15) is 18.3 Å². The van der Waals surface area contributed by atoms with Gasteiger partial charge in [-0.05, 0) is 69.9 Å². The van der Waals surface area contributed by atoms with E-state index in [1.54, 1.807) is 0 Å². The number of anilines is 1. The summed E-state index contributed by atoms with van der Waals surface area (Å²) in [6.45, 7) is 3.34. The van der Waals surface area contributed by atoms with Crippen LogP contribution < -0.4 is 26.4 Å². The van der Waals surface area contributed by atoms with E-state index in [0.29, 0.717) is 38.1 Å². The molecular formula is C36H51N6O5P. The minimum atomic E-state index is -1.51. The summed E-state index contributed by atoms with van der Waals surface area (Å²) in [4.78, 5) is 32.0. The summed E-state index contributed by atoms with van der Waals surface area (Å²) in [6.07, 6.45) is 30.8. The van der Waals surface area contributed by atoms with Gasteiger partial charge in [0.05, 0.1) is 12.7 Å². The first-order valence-corrected chi connectivity index (χ1v) is 18.0. The van der Waals surface area contributed by atoms with Crippen molar-refractivity contribution >= 4 is 20.4 Å². The molecule has 1 aliphatic rings. The number of hydrogen-bond acceptors (Lipinski definition) is 9. The van der Waals surface area contributed by atoms with Gasteiger partial charge in [-0.15, -0.1) is 0 Å². The van der Waals surface area contributed by atoms with E-state index < -0.39 is 20.4 Å². The van der Waals surface area contributed by atoms with E-state index in [9.17, 15) is 9.59 Å². The monoisotopic (exact) mass is 678 g/mol. The standard InChI is InChI=1S/C36H51N6O5P/c1-2-3-4-5-6-7-8-9-10-11-12-13-14-15-16-17-21-24-33(43)38-27-28-40-48(47-31-22-19-18-20-23-31)45-29-32-25-26-34(46-32)42-30-39-35(37)41-36(42)44/h3-4,6-7,9-10,12-13,15-16,18-20,22-23,30,32,34,40H,2,5,8,11,14,17,21,24-29H2,1H3,(H,38,43)(H2,37,41,44)/b4-3-,7-6-,10-9-,13-12-,16-15-. The van der Waals surface area contributed by atoms with Crippen LogP contribution in [0.4, 0.5) is 5.95 Å². The second-order valence-corrected chi connectivity index (χ2v) is 12.3. The molecule has 3 rings (SSSR count). The number of aromatic nitrogens is 3. The Kier molecular flexibility index (Phi) is 19.5. The Balaban J connectivity index is 1.26. The van der Waals surface area contributed by atoms with Gasteiger partial charge < -0.3 is 24.8 Å². The number of rotatable bonds is 23. The molecule has 4 N–H and O–H groups in total. The molecule has 2 heterocycles. The van der Waals surface area contributed by atoms with Crippen molar-refractivity contribution in [3.05, 3.63) is 108 Å². The molecule has 3 unspecified atom stereocenters. The van der Waals surface area contributed by atoms with Gasteiger partial charge in [0.25, 0.3) is 0 Å². The van der Waals surface area contributed by atoms with Gasteiger partial charge in [-0.1, -0.05) is 85.9 Å². The number of unbranched alkanes of at least 4 members (excludes halogenated alkanes) is 1. The number of hydrogen-bond donors (Lipinski definition) is 3. The fourth-order valence-corrected chi connectivity index (χ4v) is 5.70. The smallest absolute Gasteiger partial charge is 0.354 e. The minimum absolute atomic E-state index is 0.0191. The highest BCUT2D eigenvalue weighted by Gasteiger charge is 2.29. The highest BCUT2D eigenvalue weighted by molar-refractivity contribution is 7.45. The van der Waals surface area contributed by atoms with E-state index in [2.05, 4.69) is 88.1 Å². The van der Waals surface area contributed by atoms with Gasteiger partial charge >= 0.3 is 14.2 Å². The molecule has 1 aromatic carbocycles. The lowest BCUT2D eigenvalue weighted by molar-refractivity contribution is -0.121. The third-order valence-corrected chi connectivity index (χ3v) is 8.31. The quantitative estimate of drug-likeness (QED) is 0.0654. The van der Waals surface area contributed by atoms with Crippen molar-refractivity contribution in [1.82, 2.24) is 24.9 Å². The van der Waals surface area contributed by atoms with E-state index in [1.807, 2.05) is 30.3 Å². The van der Waals surface area contributed by atoms with E-state index >= 15 is 0 Å². The Morgan fingerprint density at radius 1 is 0.979 bits per heavy atom. The lowest BCUT2D eigenvalue weighted by atomic mass is 10.2. The second kappa shape index (κ2) is 24.3. The number of nitrogens with zero attached hydrogens (tertiary/aromatic N) is 3. The summed E-state index contributed by atoms with van der Waals surface area (Å²) in [6, 6.07) is 9.40. The number of nitrogens with one attached hydrogen (secondary N) is 2. The molecule has 12 heteroatoms. The fraction of sp³-hybridized carbons (Fsp3) is 0.444. The molecule has 260 valence electrons. The number of amides is 1. The molecule has 0 spiro atoms. The second-order valence-electron chi connectivity index (χ2n) is 11.0. The number of ether oxygens (including phenoxy) is 1. The van der Waals surface area contributed by atoms with E-state index in [4.69, 9.17) is 19.5 Å². The van der Waals surface area contributed by atoms with Crippen LogP contribution in [0.1, 0.15) is 77.4 Å². The van der Waals surface area contributed by atoms with Crippen LogP contribution in [0.5, 0.6) is 5.75 Å². The normalized spacial score (nSPS) is 17.4. The molecule has 1 fully saturated rings. The minimum Gasteiger partial charge on any atom is -0.436 e. The molecule has 48 heavy (non-hydrogen) atoms. The van der Waals surface area contributed by atoms with Gasteiger partial charge in [-0.2, -0.15) is 4.98 Å². The maximum absolute atomic E-state index is 12.3. The van der Waals surface area contributed by atoms with Crippen LogP contribution >= 0.6 is 8.53 Å². The average molecular weight is 679 g/mol. The van der Waals surface area contributed by atoms with Gasteiger partial charge in [0.2, 0.25) is 11.9 Å². The van der Waals surface area contributed by atoms with E-state index in [1.165, 1.54) is 10.9 Å². The molecule has 11 nitrogen and oxygen atoms in total. The van der Waals surface area contributed by atoms with Crippen molar-refractivity contribution < 1.29 is 18.6 Å². The highest BCUT2D eigenvalue weighted by Crippen LogP contribution is 2.37. The van der Waals surface area contributed by atoms with Crippen molar-refractivity contribution in [2.24, 2.45) is 0 Å². The van der Waals surface area contributed by atoms with Crippen molar-refractivity contribution in [1.29, 1.82) is 0 Å². The number of carbonyl (C=O) groups excluding carboxylic acids is 1. The van der Waals surface area contributed by atoms with Crippen LogP contribution in [0, 0.1) is 0 Å². The van der Waals surface area contributed by atoms with E-state index in [0.717, 1.165) is 44.9 Å². The third kappa shape index (κ3) is 16.8. The number of carbonyl (C=O) groups is 1. The summed E-state index contributed by atoms with van der Waals surface area (Å²) in [5, 5.41) is 6.22. The van der Waals surface area contributed by atoms with Crippen molar-refractivity contribution in [2.45, 2.75) is 83.5 Å². The number of nitrogen functional groups attached to an aromatic ring is 1. The number of benzene rings is 1. The number of para-hydroxylation sites is 1. The lowest BCUT2D eigenvalue weighted by Gasteiger charge is -2.21. The molecule has 0 aliphatic carbocycles. The van der Waals surface area contributed by atoms with Gasteiger partial charge in [-0.25, -0.2) is 14.9 Å². The number of allylic oxidation sites excluding steroid dienone is 10. The van der Waals surface area contributed by atoms with Crippen molar-refractivity contribution in [3.63, 3.8) is 0 Å². The number of nitrogens with two attached hydrogens (primary N) is 1. The van der Waals surface area contributed by atoms with Crippen LogP contribution in [0.2, 0.25) is 0 Å². The Hall–Kier alpha value is -3.89. The zero-order chi connectivity index (χ0) is 34.1. The molecule has 0 radical (unpaired) electrons. The molecular weight excluding hydrogens is 627 g/mol. The fourth-order valence-electron chi connectivity index (χ4n) is 4.59. The molecule has 3 atom stereocenters. The van der Waals surface area contributed by atoms with Gasteiger partial charge in [-0.3, -0.25) is 9.36 Å². The SMILES string of the molecule is CC/C=C\C/C=C\C/C=C\C/C=C\C/C=C\CCCC(=O)NCCNP(OCC1CCC(n2cnc(N)nc2=O)O1)Oc1ccccc1. The zero-order valence-electron chi connectivity index (χ0n) is 28.0. The summed E-state index contributed by atoms with van der Waals surface area (Å²) >= 11 is 0. The zero-order valence-corrected chi connectivity index (χ0v) is 28.9. The molecule has 1 amide bonds. The topological polar surface area (TPSA) is 143 Å².